The lowest BCUT2D eigenvalue weighted by atomic mass is 9.93. The minimum Gasteiger partial charge on any atom is -0.480 e. The lowest BCUT2D eigenvalue weighted by Gasteiger charge is -2.11. The standard InChI is InChI=1S/C11H18N2O2/c12-7-2-1-3-9-4-5-10(11(14)15)13-8-6-9/h9-10,13H,1-6,8H2,(H,14,15). The van der Waals surface area contributed by atoms with Gasteiger partial charge in [-0.1, -0.05) is 0 Å². The molecule has 0 amide bonds. The molecule has 1 rings (SSSR count). The molecule has 0 aliphatic carbocycles. The smallest absolute Gasteiger partial charge is 0.320 e. The van der Waals surface area contributed by atoms with Crippen LogP contribution < -0.4 is 5.32 Å². The fourth-order valence-electron chi connectivity index (χ4n) is 2.08. The van der Waals surface area contributed by atoms with Crippen LogP contribution in [0.3, 0.4) is 0 Å². The molecule has 4 heteroatoms. The van der Waals surface area contributed by atoms with Crippen LogP contribution in [-0.2, 0) is 4.79 Å². The van der Waals surface area contributed by atoms with Crippen LogP contribution in [0.25, 0.3) is 0 Å². The minimum atomic E-state index is -0.743. The number of unbranched alkanes of at least 4 members (excludes halogenated alkanes) is 1. The maximum absolute atomic E-state index is 10.8. The summed E-state index contributed by atoms with van der Waals surface area (Å²) in [5.74, 6) is -0.150. The van der Waals surface area contributed by atoms with Crippen LogP contribution in [0.2, 0.25) is 0 Å². The van der Waals surface area contributed by atoms with Crippen LogP contribution >= 0.6 is 0 Å². The zero-order valence-electron chi connectivity index (χ0n) is 8.91. The van der Waals surface area contributed by atoms with E-state index in [9.17, 15) is 4.79 Å². The number of aliphatic carboxylic acids is 1. The summed E-state index contributed by atoms with van der Waals surface area (Å²) in [6.07, 6.45) is 5.34. The molecule has 0 aromatic heterocycles. The van der Waals surface area contributed by atoms with E-state index in [4.69, 9.17) is 10.4 Å². The second kappa shape index (κ2) is 6.41. The number of nitriles is 1. The predicted octanol–water partition coefficient (Wildman–Crippen LogP) is 1.52. The molecular weight excluding hydrogens is 192 g/mol. The Morgan fingerprint density at radius 1 is 1.47 bits per heavy atom. The van der Waals surface area contributed by atoms with E-state index >= 15 is 0 Å². The Bertz CT molecular complexity index is 247. The van der Waals surface area contributed by atoms with E-state index in [1.807, 2.05) is 0 Å². The molecule has 1 saturated heterocycles. The Morgan fingerprint density at radius 3 is 2.93 bits per heavy atom. The van der Waals surface area contributed by atoms with Gasteiger partial charge in [0, 0.05) is 6.42 Å². The SMILES string of the molecule is N#CCCCC1CCNC(C(=O)O)CC1. The highest BCUT2D eigenvalue weighted by atomic mass is 16.4. The summed E-state index contributed by atoms with van der Waals surface area (Å²) in [4.78, 5) is 10.8. The predicted molar refractivity (Wildman–Crippen MR) is 56.2 cm³/mol. The lowest BCUT2D eigenvalue weighted by molar-refractivity contribution is -0.139. The molecule has 84 valence electrons. The number of carboxylic acids is 1. The maximum Gasteiger partial charge on any atom is 0.320 e. The first-order valence-electron chi connectivity index (χ1n) is 5.57. The third-order valence-electron chi connectivity index (χ3n) is 3.01. The highest BCUT2D eigenvalue weighted by molar-refractivity contribution is 5.73. The number of carbonyl (C=O) groups is 1. The zero-order chi connectivity index (χ0) is 11.1. The Morgan fingerprint density at radius 2 is 2.27 bits per heavy atom. The quantitative estimate of drug-likeness (QED) is 0.690. The van der Waals surface area contributed by atoms with Crippen LogP contribution in [0.5, 0.6) is 0 Å². The van der Waals surface area contributed by atoms with Crippen molar-refractivity contribution in [2.45, 2.75) is 44.6 Å². The molecule has 0 bridgehead atoms. The molecule has 2 N–H and O–H groups in total. The van der Waals surface area contributed by atoms with E-state index in [1.54, 1.807) is 0 Å². The van der Waals surface area contributed by atoms with Gasteiger partial charge in [0.2, 0.25) is 0 Å². The molecule has 2 unspecified atom stereocenters. The molecular formula is C11H18N2O2. The third-order valence-corrected chi connectivity index (χ3v) is 3.01. The van der Waals surface area contributed by atoms with Crippen molar-refractivity contribution in [3.63, 3.8) is 0 Å². The first-order valence-corrected chi connectivity index (χ1v) is 5.57. The molecule has 1 heterocycles. The van der Waals surface area contributed by atoms with E-state index in [0.717, 1.165) is 32.2 Å². The molecule has 0 saturated carbocycles. The summed E-state index contributed by atoms with van der Waals surface area (Å²) < 4.78 is 0. The monoisotopic (exact) mass is 210 g/mol. The molecule has 15 heavy (non-hydrogen) atoms. The van der Waals surface area contributed by atoms with Crippen molar-refractivity contribution in [1.29, 1.82) is 5.26 Å². The van der Waals surface area contributed by atoms with Crippen LogP contribution in [0.4, 0.5) is 0 Å². The zero-order valence-corrected chi connectivity index (χ0v) is 8.91. The molecule has 1 aliphatic rings. The highest BCUT2D eigenvalue weighted by Gasteiger charge is 2.22. The third kappa shape index (κ3) is 4.30. The average Bonchev–Trinajstić information content (AvgIpc) is 2.44. The van der Waals surface area contributed by atoms with E-state index in [2.05, 4.69) is 11.4 Å². The van der Waals surface area contributed by atoms with Gasteiger partial charge in [-0.05, 0) is 44.6 Å². The van der Waals surface area contributed by atoms with Crippen molar-refractivity contribution in [3.8, 4) is 6.07 Å². The van der Waals surface area contributed by atoms with Gasteiger partial charge in [0.15, 0.2) is 0 Å². The van der Waals surface area contributed by atoms with Crippen molar-refractivity contribution in [1.82, 2.24) is 5.32 Å². The van der Waals surface area contributed by atoms with Crippen molar-refractivity contribution in [2.24, 2.45) is 5.92 Å². The number of rotatable bonds is 4. The summed E-state index contributed by atoms with van der Waals surface area (Å²) in [6.45, 7) is 0.786. The second-order valence-electron chi connectivity index (χ2n) is 4.13. The maximum atomic E-state index is 10.8. The van der Waals surface area contributed by atoms with Gasteiger partial charge in [-0.15, -0.1) is 0 Å². The molecule has 4 nitrogen and oxygen atoms in total. The lowest BCUT2D eigenvalue weighted by Crippen LogP contribution is -2.35. The van der Waals surface area contributed by atoms with Gasteiger partial charge in [0.25, 0.3) is 0 Å². The summed E-state index contributed by atoms with van der Waals surface area (Å²) in [6, 6.07) is 1.77. The first-order chi connectivity index (χ1) is 7.24. The molecule has 0 spiro atoms. The first kappa shape index (κ1) is 12.0. The van der Waals surface area contributed by atoms with Crippen LogP contribution in [0.1, 0.15) is 38.5 Å². The van der Waals surface area contributed by atoms with Crippen molar-refractivity contribution < 1.29 is 9.90 Å². The van der Waals surface area contributed by atoms with E-state index in [0.29, 0.717) is 18.8 Å². The van der Waals surface area contributed by atoms with Crippen LogP contribution in [-0.4, -0.2) is 23.7 Å². The second-order valence-corrected chi connectivity index (χ2v) is 4.13. The van der Waals surface area contributed by atoms with Gasteiger partial charge in [-0.25, -0.2) is 0 Å². The largest absolute Gasteiger partial charge is 0.480 e. The molecule has 1 aliphatic heterocycles. The van der Waals surface area contributed by atoms with Crippen molar-refractivity contribution in [3.05, 3.63) is 0 Å². The highest BCUT2D eigenvalue weighted by Crippen LogP contribution is 2.21. The summed E-state index contributed by atoms with van der Waals surface area (Å²) in [7, 11) is 0. The molecule has 0 aromatic carbocycles. The van der Waals surface area contributed by atoms with Gasteiger partial charge in [-0.2, -0.15) is 5.26 Å². The van der Waals surface area contributed by atoms with Gasteiger partial charge in [-0.3, -0.25) is 4.79 Å². The average molecular weight is 210 g/mol. The van der Waals surface area contributed by atoms with Gasteiger partial charge < -0.3 is 10.4 Å². The molecule has 0 aromatic rings. The molecule has 2 atom stereocenters. The van der Waals surface area contributed by atoms with Crippen molar-refractivity contribution in [2.75, 3.05) is 6.54 Å². The van der Waals surface area contributed by atoms with E-state index in [1.165, 1.54) is 0 Å². The summed E-state index contributed by atoms with van der Waals surface area (Å²) in [5.41, 5.74) is 0. The van der Waals surface area contributed by atoms with Crippen LogP contribution in [0, 0.1) is 17.2 Å². The Balaban J connectivity index is 2.27. The number of hydrogen-bond donors (Lipinski definition) is 2. The Hall–Kier alpha value is -1.08. The van der Waals surface area contributed by atoms with Crippen LogP contribution in [0.15, 0.2) is 0 Å². The number of hydrogen-bond acceptors (Lipinski definition) is 3. The van der Waals surface area contributed by atoms with Crippen molar-refractivity contribution >= 4 is 5.97 Å². The van der Waals surface area contributed by atoms with E-state index in [-0.39, 0.29) is 6.04 Å². The van der Waals surface area contributed by atoms with E-state index < -0.39 is 5.97 Å². The summed E-state index contributed by atoms with van der Waals surface area (Å²) in [5, 5.41) is 20.3. The minimum absolute atomic E-state index is 0.369. The van der Waals surface area contributed by atoms with Gasteiger partial charge >= 0.3 is 5.97 Å². The van der Waals surface area contributed by atoms with Gasteiger partial charge in [0.05, 0.1) is 6.07 Å². The van der Waals surface area contributed by atoms with Gasteiger partial charge in [0.1, 0.15) is 6.04 Å². The topological polar surface area (TPSA) is 73.1 Å². The molecule has 0 radical (unpaired) electrons. The number of nitrogens with one attached hydrogen (secondary N) is 1. The Kier molecular flexibility index (Phi) is 5.13. The summed E-state index contributed by atoms with van der Waals surface area (Å²) >= 11 is 0. The number of nitrogens with zero attached hydrogens (tertiary/aromatic N) is 1. The Labute approximate surface area is 90.3 Å². The fraction of sp³-hybridized carbons (Fsp3) is 0.818. The normalized spacial score (nSPS) is 26.6. The molecule has 1 fully saturated rings. The number of carboxylic acid groups (broad SMARTS) is 1. The fourth-order valence-corrected chi connectivity index (χ4v) is 2.08.